The maximum atomic E-state index is 13.5. The van der Waals surface area contributed by atoms with E-state index in [1.807, 2.05) is 0 Å². The Balaban J connectivity index is 2.21. The summed E-state index contributed by atoms with van der Waals surface area (Å²) >= 11 is 3.22. The van der Waals surface area contributed by atoms with E-state index in [1.54, 1.807) is 6.92 Å². The summed E-state index contributed by atoms with van der Waals surface area (Å²) < 4.78 is 26.7. The van der Waals surface area contributed by atoms with E-state index in [4.69, 9.17) is 0 Å². The quantitative estimate of drug-likeness (QED) is 0.664. The van der Waals surface area contributed by atoms with Crippen LogP contribution in [0.1, 0.15) is 11.1 Å². The normalized spacial score (nSPS) is 10.5. The van der Waals surface area contributed by atoms with Crippen LogP contribution >= 0.6 is 15.9 Å². The predicted molar refractivity (Wildman–Crippen MR) is 77.0 cm³/mol. The first-order valence-electron chi connectivity index (χ1n) is 5.87. The molecule has 0 aliphatic rings. The van der Waals surface area contributed by atoms with Gasteiger partial charge in [-0.1, -0.05) is 6.07 Å². The molecule has 5 nitrogen and oxygen atoms in total. The zero-order valence-corrected chi connectivity index (χ0v) is 12.4. The van der Waals surface area contributed by atoms with Crippen LogP contribution in [0.3, 0.4) is 0 Å². The van der Waals surface area contributed by atoms with Gasteiger partial charge < -0.3 is 5.32 Å². The third-order valence-electron chi connectivity index (χ3n) is 2.90. The van der Waals surface area contributed by atoms with Gasteiger partial charge in [0.1, 0.15) is 23.6 Å². The zero-order valence-electron chi connectivity index (χ0n) is 10.9. The average Bonchev–Trinajstić information content (AvgIpc) is 2.41. The molecule has 0 fully saturated rings. The molecule has 0 saturated heterocycles. The van der Waals surface area contributed by atoms with Crippen LogP contribution in [0.5, 0.6) is 0 Å². The van der Waals surface area contributed by atoms with Crippen molar-refractivity contribution in [3.8, 4) is 0 Å². The van der Waals surface area contributed by atoms with Gasteiger partial charge >= 0.3 is 0 Å². The van der Waals surface area contributed by atoms with Crippen molar-refractivity contribution in [2.45, 2.75) is 13.5 Å². The highest BCUT2D eigenvalue weighted by molar-refractivity contribution is 9.10. The molecule has 8 heteroatoms. The lowest BCUT2D eigenvalue weighted by molar-refractivity contribution is -0.385. The van der Waals surface area contributed by atoms with Gasteiger partial charge in [0.05, 0.1) is 9.40 Å². The second kappa shape index (κ2) is 6.13. The van der Waals surface area contributed by atoms with Crippen molar-refractivity contribution in [2.75, 3.05) is 5.32 Å². The largest absolute Gasteiger partial charge is 0.365 e. The van der Waals surface area contributed by atoms with E-state index < -0.39 is 16.6 Å². The summed E-state index contributed by atoms with van der Waals surface area (Å²) in [5, 5.41) is 13.6. The molecule has 2 rings (SSSR count). The lowest BCUT2D eigenvalue weighted by Gasteiger charge is -2.10. The fourth-order valence-corrected chi connectivity index (χ4v) is 2.17. The van der Waals surface area contributed by atoms with Crippen LogP contribution in [0.15, 0.2) is 28.9 Å². The maximum absolute atomic E-state index is 13.5. The first kappa shape index (κ1) is 15.3. The molecule has 1 aromatic heterocycles. The Morgan fingerprint density at radius 3 is 2.76 bits per heavy atom. The van der Waals surface area contributed by atoms with E-state index >= 15 is 0 Å². The Bertz CT molecular complexity index is 710. The van der Waals surface area contributed by atoms with E-state index in [1.165, 1.54) is 6.07 Å². The minimum Gasteiger partial charge on any atom is -0.365 e. The Morgan fingerprint density at radius 1 is 1.43 bits per heavy atom. The molecule has 21 heavy (non-hydrogen) atoms. The molecule has 0 spiro atoms. The molecule has 1 aromatic carbocycles. The number of hydrogen-bond donors (Lipinski definition) is 1. The highest BCUT2D eigenvalue weighted by Gasteiger charge is 2.17. The summed E-state index contributed by atoms with van der Waals surface area (Å²) in [6.07, 6.45) is 1.13. The van der Waals surface area contributed by atoms with Crippen LogP contribution in [0.25, 0.3) is 0 Å². The number of halogens is 3. The SMILES string of the molecule is Cc1c([N+](=O)[O-])cnc(NCc2ccc(F)cc2F)c1Br. The highest BCUT2D eigenvalue weighted by atomic mass is 79.9. The van der Waals surface area contributed by atoms with Crippen molar-refractivity contribution >= 4 is 27.4 Å². The van der Waals surface area contributed by atoms with E-state index in [-0.39, 0.29) is 17.8 Å². The first-order chi connectivity index (χ1) is 9.90. The number of nitrogens with one attached hydrogen (secondary N) is 1. The molecule has 0 unspecified atom stereocenters. The monoisotopic (exact) mass is 357 g/mol. The Morgan fingerprint density at radius 2 is 2.14 bits per heavy atom. The third kappa shape index (κ3) is 3.33. The van der Waals surface area contributed by atoms with Crippen LogP contribution in [0.4, 0.5) is 20.3 Å². The van der Waals surface area contributed by atoms with Crippen molar-refractivity contribution in [3.63, 3.8) is 0 Å². The fourth-order valence-electron chi connectivity index (χ4n) is 1.72. The number of rotatable bonds is 4. The molecular weight excluding hydrogens is 348 g/mol. The van der Waals surface area contributed by atoms with Crippen LogP contribution in [-0.2, 0) is 6.54 Å². The number of nitro groups is 1. The number of hydrogen-bond acceptors (Lipinski definition) is 4. The van der Waals surface area contributed by atoms with Crippen LogP contribution < -0.4 is 5.32 Å². The van der Waals surface area contributed by atoms with E-state index in [2.05, 4.69) is 26.2 Å². The van der Waals surface area contributed by atoms with E-state index in [0.29, 0.717) is 15.9 Å². The molecular formula is C13H10BrF2N3O2. The molecule has 0 bridgehead atoms. The fraction of sp³-hybridized carbons (Fsp3) is 0.154. The van der Waals surface area contributed by atoms with Gasteiger partial charge in [0, 0.05) is 23.7 Å². The number of pyridine rings is 1. The second-order valence-electron chi connectivity index (χ2n) is 4.28. The lowest BCUT2D eigenvalue weighted by atomic mass is 10.2. The van der Waals surface area contributed by atoms with Crippen LogP contribution in [0.2, 0.25) is 0 Å². The van der Waals surface area contributed by atoms with Crippen molar-refractivity contribution < 1.29 is 13.7 Å². The minimum atomic E-state index is -0.669. The highest BCUT2D eigenvalue weighted by Crippen LogP contribution is 2.30. The molecule has 0 amide bonds. The maximum Gasteiger partial charge on any atom is 0.291 e. The summed E-state index contributed by atoms with van der Waals surface area (Å²) in [5.41, 5.74) is 0.568. The Hall–Kier alpha value is -2.09. The van der Waals surface area contributed by atoms with Gasteiger partial charge in [-0.15, -0.1) is 0 Å². The zero-order chi connectivity index (χ0) is 15.6. The van der Waals surface area contributed by atoms with Crippen LogP contribution in [-0.4, -0.2) is 9.91 Å². The number of anilines is 1. The van der Waals surface area contributed by atoms with E-state index in [0.717, 1.165) is 18.3 Å². The first-order valence-corrected chi connectivity index (χ1v) is 6.66. The van der Waals surface area contributed by atoms with Gasteiger partial charge in [0.15, 0.2) is 0 Å². The average molecular weight is 358 g/mol. The number of nitrogens with zero attached hydrogens (tertiary/aromatic N) is 2. The summed E-state index contributed by atoms with van der Waals surface area (Å²) in [4.78, 5) is 14.2. The van der Waals surface area contributed by atoms with Crippen molar-refractivity contribution in [1.29, 1.82) is 0 Å². The Labute approximate surface area is 127 Å². The van der Waals surface area contributed by atoms with Crippen molar-refractivity contribution in [1.82, 2.24) is 4.98 Å². The lowest BCUT2D eigenvalue weighted by Crippen LogP contribution is -2.06. The third-order valence-corrected chi connectivity index (χ3v) is 3.87. The molecule has 1 N–H and O–H groups in total. The molecule has 0 radical (unpaired) electrons. The second-order valence-corrected chi connectivity index (χ2v) is 5.07. The number of aromatic nitrogens is 1. The molecule has 110 valence electrons. The standard InChI is InChI=1S/C13H10BrF2N3O2/c1-7-11(19(20)21)6-18-13(12(7)14)17-5-8-2-3-9(15)4-10(8)16/h2-4,6H,5H2,1H3,(H,17,18). The van der Waals surface area contributed by atoms with Crippen LogP contribution in [0, 0.1) is 28.7 Å². The van der Waals surface area contributed by atoms with Gasteiger partial charge in [-0.2, -0.15) is 0 Å². The van der Waals surface area contributed by atoms with Crippen molar-refractivity contribution in [3.05, 3.63) is 61.7 Å². The molecule has 0 atom stereocenters. The van der Waals surface area contributed by atoms with Gasteiger partial charge in [-0.3, -0.25) is 10.1 Å². The molecule has 0 aliphatic carbocycles. The summed E-state index contributed by atoms with van der Waals surface area (Å²) in [6, 6.07) is 3.27. The molecule has 2 aromatic rings. The Kier molecular flexibility index (Phi) is 4.46. The topological polar surface area (TPSA) is 68.1 Å². The van der Waals surface area contributed by atoms with Crippen molar-refractivity contribution in [2.24, 2.45) is 0 Å². The van der Waals surface area contributed by atoms with Gasteiger partial charge in [0.2, 0.25) is 0 Å². The minimum absolute atomic E-state index is 0.0783. The van der Waals surface area contributed by atoms with Gasteiger partial charge in [0.25, 0.3) is 5.69 Å². The van der Waals surface area contributed by atoms with E-state index in [9.17, 15) is 18.9 Å². The van der Waals surface area contributed by atoms with Gasteiger partial charge in [-0.05, 0) is 28.9 Å². The summed E-state index contributed by atoms with van der Waals surface area (Å²) in [6.45, 7) is 1.66. The predicted octanol–water partition coefficient (Wildman–Crippen LogP) is 3.95. The summed E-state index contributed by atoms with van der Waals surface area (Å²) in [7, 11) is 0. The molecule has 0 saturated carbocycles. The smallest absolute Gasteiger partial charge is 0.291 e. The number of benzene rings is 1. The molecule has 0 aliphatic heterocycles. The van der Waals surface area contributed by atoms with Gasteiger partial charge in [-0.25, -0.2) is 13.8 Å². The summed E-state index contributed by atoms with van der Waals surface area (Å²) in [5.74, 6) is -0.971. The molecule has 1 heterocycles.